The van der Waals surface area contributed by atoms with Crippen LogP contribution < -0.4 is 0 Å². The zero-order chi connectivity index (χ0) is 8.10. The normalized spacial score (nSPS) is 22.0. The zero-order valence-electron chi connectivity index (χ0n) is 7.14. The first-order chi connectivity index (χ1) is 5.29. The number of rotatable bonds is 0. The summed E-state index contributed by atoms with van der Waals surface area (Å²) in [6.07, 6.45) is 6.03. The second-order valence-electron chi connectivity index (χ2n) is 3.30. The summed E-state index contributed by atoms with van der Waals surface area (Å²) in [4.78, 5) is 0. The van der Waals surface area contributed by atoms with Gasteiger partial charge in [-0.3, -0.25) is 0 Å². The molecule has 1 aliphatic rings. The Balaban J connectivity index is 2.31. The van der Waals surface area contributed by atoms with Gasteiger partial charge in [0.2, 0.25) is 0 Å². The van der Waals surface area contributed by atoms with Crippen LogP contribution in [0.3, 0.4) is 0 Å². The Kier molecular flexibility index (Phi) is 3.45. The highest BCUT2D eigenvalue weighted by Crippen LogP contribution is 2.22. The number of hydrogen-bond acceptors (Lipinski definition) is 1. The third-order valence-electron chi connectivity index (χ3n) is 2.10. The highest BCUT2D eigenvalue weighted by Gasteiger charge is 2.09. The molecule has 11 heavy (non-hydrogen) atoms. The van der Waals surface area contributed by atoms with E-state index in [1.165, 1.54) is 32.1 Å². The van der Waals surface area contributed by atoms with Crippen LogP contribution in [0, 0.1) is 17.8 Å². The van der Waals surface area contributed by atoms with Gasteiger partial charge in [-0.2, -0.15) is 0 Å². The van der Waals surface area contributed by atoms with Crippen LogP contribution in [0.2, 0.25) is 0 Å². The van der Waals surface area contributed by atoms with Crippen molar-refractivity contribution in [2.75, 3.05) is 0 Å². The Bertz CT molecular complexity index is 155. The van der Waals surface area contributed by atoms with Crippen LogP contribution in [0.1, 0.15) is 39.0 Å². The molecule has 1 unspecified atom stereocenters. The minimum atomic E-state index is -0.447. The molecule has 0 aliphatic heterocycles. The molecule has 0 aromatic carbocycles. The molecule has 1 fully saturated rings. The number of hydrogen-bond donors (Lipinski definition) is 1. The summed E-state index contributed by atoms with van der Waals surface area (Å²) in [5.41, 5.74) is 0. The van der Waals surface area contributed by atoms with Crippen molar-refractivity contribution in [2.24, 2.45) is 5.92 Å². The van der Waals surface area contributed by atoms with Crippen molar-refractivity contribution in [3.05, 3.63) is 0 Å². The molecule has 1 rings (SSSR count). The molecule has 0 saturated heterocycles. The topological polar surface area (TPSA) is 20.2 Å². The predicted molar refractivity (Wildman–Crippen MR) is 46.0 cm³/mol. The Labute approximate surface area is 68.8 Å². The van der Waals surface area contributed by atoms with Gasteiger partial charge >= 0.3 is 0 Å². The molecule has 0 amide bonds. The van der Waals surface area contributed by atoms with Gasteiger partial charge < -0.3 is 5.11 Å². The Morgan fingerprint density at radius 1 is 1.27 bits per heavy atom. The molecule has 0 bridgehead atoms. The molecule has 1 saturated carbocycles. The first-order valence-corrected chi connectivity index (χ1v) is 4.48. The second-order valence-corrected chi connectivity index (χ2v) is 3.30. The summed E-state index contributed by atoms with van der Waals surface area (Å²) in [7, 11) is 0. The average molecular weight is 152 g/mol. The van der Waals surface area contributed by atoms with Crippen molar-refractivity contribution in [1.82, 2.24) is 0 Å². The fourth-order valence-corrected chi connectivity index (χ4v) is 1.49. The molecule has 0 radical (unpaired) electrons. The third-order valence-corrected chi connectivity index (χ3v) is 2.10. The predicted octanol–water partition coefficient (Wildman–Crippen LogP) is 1.95. The lowest BCUT2D eigenvalue weighted by Gasteiger charge is -2.15. The molecule has 0 spiro atoms. The molecule has 1 heteroatoms. The summed E-state index contributed by atoms with van der Waals surface area (Å²) >= 11 is 0. The van der Waals surface area contributed by atoms with E-state index in [0.717, 1.165) is 0 Å². The Hall–Kier alpha value is -0.480. The van der Waals surface area contributed by atoms with Crippen molar-refractivity contribution in [2.45, 2.75) is 45.1 Å². The molecule has 0 aromatic rings. The average Bonchev–Trinajstić information content (AvgIpc) is 2.03. The van der Waals surface area contributed by atoms with Crippen LogP contribution in [0.4, 0.5) is 0 Å². The summed E-state index contributed by atoms with van der Waals surface area (Å²) in [6.45, 7) is 1.72. The van der Waals surface area contributed by atoms with Crippen LogP contribution >= 0.6 is 0 Å². The highest BCUT2D eigenvalue weighted by molar-refractivity contribution is 5.07. The summed E-state index contributed by atoms with van der Waals surface area (Å²) < 4.78 is 0. The van der Waals surface area contributed by atoms with Crippen molar-refractivity contribution in [3.63, 3.8) is 0 Å². The van der Waals surface area contributed by atoms with Crippen LogP contribution in [0.15, 0.2) is 0 Å². The maximum Gasteiger partial charge on any atom is 0.111 e. The number of aliphatic hydroxyl groups excluding tert-OH is 1. The van der Waals surface area contributed by atoms with Crippen LogP contribution in [0.25, 0.3) is 0 Å². The van der Waals surface area contributed by atoms with Crippen LogP contribution in [0.5, 0.6) is 0 Å². The van der Waals surface area contributed by atoms with E-state index in [9.17, 15) is 0 Å². The van der Waals surface area contributed by atoms with Gasteiger partial charge in [0.15, 0.2) is 0 Å². The molecule has 1 nitrogen and oxygen atoms in total. The molecule has 0 heterocycles. The van der Waals surface area contributed by atoms with E-state index in [0.29, 0.717) is 5.92 Å². The monoisotopic (exact) mass is 152 g/mol. The quantitative estimate of drug-likeness (QED) is 0.526. The van der Waals surface area contributed by atoms with E-state index in [2.05, 4.69) is 11.8 Å². The lowest BCUT2D eigenvalue weighted by Crippen LogP contribution is -2.04. The van der Waals surface area contributed by atoms with E-state index < -0.39 is 6.10 Å². The fraction of sp³-hybridized carbons (Fsp3) is 0.800. The van der Waals surface area contributed by atoms with Gasteiger partial charge in [0.05, 0.1) is 0 Å². The van der Waals surface area contributed by atoms with E-state index >= 15 is 0 Å². The molecule has 1 atom stereocenters. The van der Waals surface area contributed by atoms with Crippen LogP contribution in [-0.4, -0.2) is 11.2 Å². The minimum Gasteiger partial charge on any atom is -0.381 e. The van der Waals surface area contributed by atoms with E-state index in [4.69, 9.17) is 5.11 Å². The molecule has 1 N–H and O–H groups in total. The summed E-state index contributed by atoms with van der Waals surface area (Å²) in [5.74, 6) is 6.51. The van der Waals surface area contributed by atoms with Gasteiger partial charge in [-0.05, 0) is 19.8 Å². The summed E-state index contributed by atoms with van der Waals surface area (Å²) in [5, 5.41) is 8.91. The van der Waals surface area contributed by atoms with E-state index in [1.807, 2.05) is 0 Å². The second kappa shape index (κ2) is 4.41. The van der Waals surface area contributed by atoms with E-state index in [1.54, 1.807) is 6.92 Å². The number of aliphatic hydroxyl groups is 1. The molecule has 0 aromatic heterocycles. The Morgan fingerprint density at radius 2 is 1.91 bits per heavy atom. The van der Waals surface area contributed by atoms with Crippen LogP contribution in [-0.2, 0) is 0 Å². The fourth-order valence-electron chi connectivity index (χ4n) is 1.49. The van der Waals surface area contributed by atoms with Crippen molar-refractivity contribution >= 4 is 0 Å². The first-order valence-electron chi connectivity index (χ1n) is 4.48. The maximum atomic E-state index is 8.91. The largest absolute Gasteiger partial charge is 0.381 e. The van der Waals surface area contributed by atoms with Gasteiger partial charge in [-0.1, -0.05) is 31.1 Å². The Morgan fingerprint density at radius 3 is 2.45 bits per heavy atom. The molecule has 1 aliphatic carbocycles. The highest BCUT2D eigenvalue weighted by atomic mass is 16.3. The van der Waals surface area contributed by atoms with Gasteiger partial charge in [0.25, 0.3) is 0 Å². The van der Waals surface area contributed by atoms with Gasteiger partial charge in [0, 0.05) is 5.92 Å². The molecular weight excluding hydrogens is 136 g/mol. The van der Waals surface area contributed by atoms with Gasteiger partial charge in [-0.15, -0.1) is 0 Å². The van der Waals surface area contributed by atoms with Crippen molar-refractivity contribution in [3.8, 4) is 11.8 Å². The lowest BCUT2D eigenvalue weighted by molar-refractivity contribution is 0.253. The van der Waals surface area contributed by atoms with Gasteiger partial charge in [-0.25, -0.2) is 0 Å². The maximum absolute atomic E-state index is 8.91. The first kappa shape index (κ1) is 8.62. The lowest BCUT2D eigenvalue weighted by atomic mass is 9.90. The SMILES string of the molecule is CC(O)C#CC1CCCCC1. The van der Waals surface area contributed by atoms with Crippen molar-refractivity contribution in [1.29, 1.82) is 0 Å². The smallest absolute Gasteiger partial charge is 0.111 e. The standard InChI is InChI=1S/C10H16O/c1-9(11)7-8-10-5-3-2-4-6-10/h9-11H,2-6H2,1H3. The third kappa shape index (κ3) is 3.43. The van der Waals surface area contributed by atoms with E-state index in [-0.39, 0.29) is 0 Å². The summed E-state index contributed by atoms with van der Waals surface area (Å²) in [6, 6.07) is 0. The van der Waals surface area contributed by atoms with Gasteiger partial charge in [0.1, 0.15) is 6.10 Å². The minimum absolute atomic E-state index is 0.447. The molecular formula is C10H16O. The van der Waals surface area contributed by atoms with Crippen molar-refractivity contribution < 1.29 is 5.11 Å². The molecule has 62 valence electrons. The zero-order valence-corrected chi connectivity index (χ0v) is 7.14.